The highest BCUT2D eigenvalue weighted by Crippen LogP contribution is 2.29. The summed E-state index contributed by atoms with van der Waals surface area (Å²) in [6.07, 6.45) is 4.58. The number of rotatable bonds is 2. The lowest BCUT2D eigenvalue weighted by Gasteiger charge is -2.36. The Morgan fingerprint density at radius 3 is 3.11 bits per heavy atom. The Kier molecular flexibility index (Phi) is 4.03. The molecular formula is C13H17Br2N3. The van der Waals surface area contributed by atoms with Gasteiger partial charge in [0.15, 0.2) is 0 Å². The molecule has 3 heterocycles. The number of aromatic nitrogens is 1. The number of likely N-dealkylation sites (tertiary alicyclic amines) is 1. The van der Waals surface area contributed by atoms with Gasteiger partial charge in [-0.1, -0.05) is 0 Å². The van der Waals surface area contributed by atoms with Gasteiger partial charge in [-0.2, -0.15) is 0 Å². The van der Waals surface area contributed by atoms with E-state index < -0.39 is 0 Å². The summed E-state index contributed by atoms with van der Waals surface area (Å²) in [5, 5.41) is 3.52. The first-order valence-corrected chi connectivity index (χ1v) is 8.07. The zero-order valence-corrected chi connectivity index (χ0v) is 13.4. The van der Waals surface area contributed by atoms with Gasteiger partial charge in [0.1, 0.15) is 0 Å². The zero-order chi connectivity index (χ0) is 12.5. The fraction of sp³-hybridized carbons (Fsp3) is 0.615. The maximum Gasteiger partial charge on any atom is 0.0686 e. The molecule has 18 heavy (non-hydrogen) atoms. The molecule has 0 radical (unpaired) electrons. The maximum absolute atomic E-state index is 4.53. The quantitative estimate of drug-likeness (QED) is 0.862. The lowest BCUT2D eigenvalue weighted by molar-refractivity contribution is 0.116. The lowest BCUT2D eigenvalue weighted by Crippen LogP contribution is -2.44. The van der Waals surface area contributed by atoms with Gasteiger partial charge in [-0.15, -0.1) is 0 Å². The van der Waals surface area contributed by atoms with Gasteiger partial charge in [0.25, 0.3) is 0 Å². The van der Waals surface area contributed by atoms with Crippen molar-refractivity contribution in [2.75, 3.05) is 19.6 Å². The average molecular weight is 375 g/mol. The first-order valence-electron chi connectivity index (χ1n) is 6.49. The maximum atomic E-state index is 4.53. The lowest BCUT2D eigenvalue weighted by atomic mass is 9.92. The summed E-state index contributed by atoms with van der Waals surface area (Å²) < 4.78 is 2.13. The number of pyridine rings is 1. The van der Waals surface area contributed by atoms with E-state index in [1.807, 2.05) is 6.20 Å². The van der Waals surface area contributed by atoms with Crippen LogP contribution in [-0.4, -0.2) is 35.6 Å². The highest BCUT2D eigenvalue weighted by molar-refractivity contribution is 9.11. The van der Waals surface area contributed by atoms with Crippen molar-refractivity contribution in [3.63, 3.8) is 0 Å². The van der Waals surface area contributed by atoms with Crippen LogP contribution in [0.5, 0.6) is 0 Å². The van der Waals surface area contributed by atoms with Crippen LogP contribution in [0, 0.1) is 5.92 Å². The molecular weight excluding hydrogens is 358 g/mol. The largest absolute Gasteiger partial charge is 0.315 e. The van der Waals surface area contributed by atoms with E-state index in [9.17, 15) is 0 Å². The van der Waals surface area contributed by atoms with Crippen molar-refractivity contribution in [3.8, 4) is 0 Å². The molecule has 0 aliphatic carbocycles. The minimum atomic E-state index is 0.705. The van der Waals surface area contributed by atoms with E-state index in [-0.39, 0.29) is 0 Å². The molecule has 0 spiro atoms. The van der Waals surface area contributed by atoms with Crippen molar-refractivity contribution >= 4 is 31.9 Å². The van der Waals surface area contributed by atoms with Gasteiger partial charge in [-0.25, -0.2) is 0 Å². The number of hydrogen-bond donors (Lipinski definition) is 1. The van der Waals surface area contributed by atoms with Crippen LogP contribution in [0.25, 0.3) is 0 Å². The van der Waals surface area contributed by atoms with Gasteiger partial charge < -0.3 is 5.32 Å². The summed E-state index contributed by atoms with van der Waals surface area (Å²) in [7, 11) is 0. The molecule has 3 rings (SSSR count). The molecule has 2 aliphatic rings. The van der Waals surface area contributed by atoms with Crippen LogP contribution >= 0.6 is 31.9 Å². The molecule has 1 aromatic heterocycles. The van der Waals surface area contributed by atoms with Crippen LogP contribution in [0.4, 0.5) is 0 Å². The number of halogens is 2. The molecule has 98 valence electrons. The van der Waals surface area contributed by atoms with E-state index in [1.165, 1.54) is 25.9 Å². The first kappa shape index (κ1) is 13.0. The molecule has 0 saturated carbocycles. The zero-order valence-electron chi connectivity index (χ0n) is 10.2. The van der Waals surface area contributed by atoms with Crippen molar-refractivity contribution in [3.05, 3.63) is 26.9 Å². The standard InChI is InChI=1S/C13H17Br2N3/c14-10-4-11(15)12(17-6-10)8-18-3-1-2-9-5-16-7-13(9)18/h4,6,9,13,16H,1-3,5,7-8H2. The van der Waals surface area contributed by atoms with Gasteiger partial charge in [-0.05, 0) is 69.8 Å². The van der Waals surface area contributed by atoms with Crippen LogP contribution in [0.15, 0.2) is 21.2 Å². The molecule has 0 amide bonds. The Morgan fingerprint density at radius 2 is 2.28 bits per heavy atom. The molecule has 3 nitrogen and oxygen atoms in total. The van der Waals surface area contributed by atoms with Gasteiger partial charge in [0, 0.05) is 34.3 Å². The summed E-state index contributed by atoms with van der Waals surface area (Å²) in [5.41, 5.74) is 1.14. The molecule has 2 fully saturated rings. The molecule has 2 unspecified atom stereocenters. The average Bonchev–Trinajstić information content (AvgIpc) is 2.82. The molecule has 1 N–H and O–H groups in total. The van der Waals surface area contributed by atoms with E-state index in [0.717, 1.165) is 33.6 Å². The summed E-state index contributed by atoms with van der Waals surface area (Å²) in [5.74, 6) is 0.841. The van der Waals surface area contributed by atoms with E-state index in [4.69, 9.17) is 0 Å². The molecule has 2 atom stereocenters. The molecule has 0 bridgehead atoms. The molecule has 1 aromatic rings. The molecule has 5 heteroatoms. The minimum absolute atomic E-state index is 0.705. The first-order chi connectivity index (χ1) is 8.74. The van der Waals surface area contributed by atoms with E-state index in [0.29, 0.717) is 6.04 Å². The van der Waals surface area contributed by atoms with Gasteiger partial charge >= 0.3 is 0 Å². The SMILES string of the molecule is Brc1cnc(CN2CCCC3CNCC32)c(Br)c1. The van der Waals surface area contributed by atoms with Gasteiger partial charge in [-0.3, -0.25) is 9.88 Å². The van der Waals surface area contributed by atoms with Crippen LogP contribution < -0.4 is 5.32 Å². The number of fused-ring (bicyclic) bond motifs is 1. The smallest absolute Gasteiger partial charge is 0.0686 e. The second-order valence-electron chi connectivity index (χ2n) is 5.18. The Hall–Kier alpha value is 0.0300. The summed E-state index contributed by atoms with van der Waals surface area (Å²) in [4.78, 5) is 7.12. The Morgan fingerprint density at radius 1 is 1.39 bits per heavy atom. The fourth-order valence-electron chi connectivity index (χ4n) is 3.11. The number of nitrogens with one attached hydrogen (secondary N) is 1. The summed E-state index contributed by atoms with van der Waals surface area (Å²) in [6, 6.07) is 2.78. The predicted octanol–water partition coefficient (Wildman–Crippen LogP) is 2.79. The van der Waals surface area contributed by atoms with Crippen molar-refractivity contribution in [2.24, 2.45) is 5.92 Å². The topological polar surface area (TPSA) is 28.2 Å². The van der Waals surface area contributed by atoms with E-state index >= 15 is 0 Å². The fourth-order valence-corrected chi connectivity index (χ4v) is 4.22. The Balaban J connectivity index is 1.75. The second-order valence-corrected chi connectivity index (χ2v) is 6.95. The van der Waals surface area contributed by atoms with Crippen molar-refractivity contribution in [1.82, 2.24) is 15.2 Å². The number of piperidine rings is 1. The predicted molar refractivity (Wildman–Crippen MR) is 79.4 cm³/mol. The third kappa shape index (κ3) is 2.64. The molecule has 2 aliphatic heterocycles. The minimum Gasteiger partial charge on any atom is -0.315 e. The van der Waals surface area contributed by atoms with E-state index in [2.05, 4.69) is 53.1 Å². The van der Waals surface area contributed by atoms with Crippen LogP contribution in [0.3, 0.4) is 0 Å². The summed E-state index contributed by atoms with van der Waals surface area (Å²) in [6.45, 7) is 4.48. The number of hydrogen-bond acceptors (Lipinski definition) is 3. The summed E-state index contributed by atoms with van der Waals surface area (Å²) >= 11 is 7.06. The van der Waals surface area contributed by atoms with E-state index in [1.54, 1.807) is 0 Å². The van der Waals surface area contributed by atoms with Crippen LogP contribution in [-0.2, 0) is 6.54 Å². The highest BCUT2D eigenvalue weighted by Gasteiger charge is 2.35. The highest BCUT2D eigenvalue weighted by atomic mass is 79.9. The van der Waals surface area contributed by atoms with Crippen LogP contribution in [0.1, 0.15) is 18.5 Å². The van der Waals surface area contributed by atoms with Crippen molar-refractivity contribution in [1.29, 1.82) is 0 Å². The normalized spacial score (nSPS) is 28.3. The van der Waals surface area contributed by atoms with Gasteiger partial charge in [0.05, 0.1) is 5.69 Å². The Labute approximate surface area is 125 Å². The van der Waals surface area contributed by atoms with Crippen LogP contribution in [0.2, 0.25) is 0 Å². The molecule has 2 saturated heterocycles. The second kappa shape index (κ2) is 5.57. The van der Waals surface area contributed by atoms with Gasteiger partial charge in [0.2, 0.25) is 0 Å². The molecule has 0 aromatic carbocycles. The third-order valence-corrected chi connectivity index (χ3v) is 5.15. The third-order valence-electron chi connectivity index (χ3n) is 4.03. The van der Waals surface area contributed by atoms with Crippen molar-refractivity contribution in [2.45, 2.75) is 25.4 Å². The number of nitrogens with zero attached hydrogens (tertiary/aromatic N) is 2. The van der Waals surface area contributed by atoms with Crippen molar-refractivity contribution < 1.29 is 0 Å². The monoisotopic (exact) mass is 373 g/mol. The Bertz CT molecular complexity index is 438.